The predicted octanol–water partition coefficient (Wildman–Crippen LogP) is 4.50. The smallest absolute Gasteiger partial charge is 0.0691 e. The van der Waals surface area contributed by atoms with Crippen LogP contribution in [0.2, 0.25) is 0 Å². The molecule has 1 aromatic carbocycles. The topological polar surface area (TPSA) is 20.2 Å². The van der Waals surface area contributed by atoms with Crippen LogP contribution in [0.1, 0.15) is 50.7 Å². The molecule has 2 rings (SSSR count). The Morgan fingerprint density at radius 2 is 2.11 bits per heavy atom. The highest BCUT2D eigenvalue weighted by Crippen LogP contribution is 2.33. The summed E-state index contributed by atoms with van der Waals surface area (Å²) in [4.78, 5) is 0. The Morgan fingerprint density at radius 1 is 1.33 bits per heavy atom. The second kappa shape index (κ2) is 5.75. The van der Waals surface area contributed by atoms with E-state index in [-0.39, 0.29) is 0 Å². The van der Waals surface area contributed by atoms with Crippen LogP contribution in [-0.4, -0.2) is 10.7 Å². The van der Waals surface area contributed by atoms with Gasteiger partial charge in [0.1, 0.15) is 0 Å². The van der Waals surface area contributed by atoms with Crippen LogP contribution in [0.3, 0.4) is 0 Å². The molecule has 0 heterocycles. The molecule has 0 radical (unpaired) electrons. The van der Waals surface area contributed by atoms with Crippen LogP contribution in [0.5, 0.6) is 0 Å². The molecule has 1 atom stereocenters. The van der Waals surface area contributed by atoms with E-state index in [0.717, 1.165) is 42.5 Å². The normalized spacial score (nSPS) is 23.2. The molecule has 1 aliphatic carbocycles. The SMILES string of the molecule is CC(C)CCCC1(O)CCc2cc(Br)ccc2C1. The van der Waals surface area contributed by atoms with E-state index < -0.39 is 5.60 Å². The zero-order valence-electron chi connectivity index (χ0n) is 11.4. The number of fused-ring (bicyclic) bond motifs is 1. The lowest BCUT2D eigenvalue weighted by Gasteiger charge is -2.34. The Morgan fingerprint density at radius 3 is 2.83 bits per heavy atom. The minimum absolute atomic E-state index is 0.463. The van der Waals surface area contributed by atoms with Gasteiger partial charge in [-0.25, -0.2) is 0 Å². The maximum atomic E-state index is 10.7. The number of hydrogen-bond donors (Lipinski definition) is 1. The van der Waals surface area contributed by atoms with Gasteiger partial charge in [0, 0.05) is 10.9 Å². The summed E-state index contributed by atoms with van der Waals surface area (Å²) in [6.07, 6.45) is 6.05. The third-order valence-corrected chi connectivity index (χ3v) is 4.46. The van der Waals surface area contributed by atoms with E-state index in [9.17, 15) is 5.11 Å². The van der Waals surface area contributed by atoms with Crippen molar-refractivity contribution in [1.29, 1.82) is 0 Å². The highest BCUT2D eigenvalue weighted by atomic mass is 79.9. The van der Waals surface area contributed by atoms with Gasteiger partial charge in [-0.1, -0.05) is 48.7 Å². The van der Waals surface area contributed by atoms with Crippen molar-refractivity contribution in [3.8, 4) is 0 Å². The fourth-order valence-electron chi connectivity index (χ4n) is 2.86. The number of hydrogen-bond acceptors (Lipinski definition) is 1. The average Bonchev–Trinajstić information content (AvgIpc) is 2.29. The lowest BCUT2D eigenvalue weighted by atomic mass is 9.77. The summed E-state index contributed by atoms with van der Waals surface area (Å²) in [5.74, 6) is 0.737. The molecule has 0 amide bonds. The van der Waals surface area contributed by atoms with Gasteiger partial charge in [0.25, 0.3) is 0 Å². The van der Waals surface area contributed by atoms with Crippen LogP contribution in [0, 0.1) is 5.92 Å². The number of aliphatic hydroxyl groups is 1. The number of rotatable bonds is 4. The van der Waals surface area contributed by atoms with E-state index >= 15 is 0 Å². The van der Waals surface area contributed by atoms with Gasteiger partial charge in [0.05, 0.1) is 5.60 Å². The Balaban J connectivity index is 1.99. The van der Waals surface area contributed by atoms with E-state index in [1.54, 1.807) is 0 Å². The zero-order valence-corrected chi connectivity index (χ0v) is 13.0. The van der Waals surface area contributed by atoms with Crippen molar-refractivity contribution >= 4 is 15.9 Å². The Hall–Kier alpha value is -0.340. The molecule has 0 spiro atoms. The lowest BCUT2D eigenvalue weighted by molar-refractivity contribution is 0.0149. The van der Waals surface area contributed by atoms with Crippen LogP contribution >= 0.6 is 15.9 Å². The minimum Gasteiger partial charge on any atom is -0.390 e. The molecule has 2 heteroatoms. The summed E-state index contributed by atoms with van der Waals surface area (Å²) in [5, 5.41) is 10.7. The monoisotopic (exact) mass is 310 g/mol. The molecule has 0 fully saturated rings. The molecule has 0 bridgehead atoms. The summed E-state index contributed by atoms with van der Waals surface area (Å²) in [6, 6.07) is 6.44. The molecule has 1 nitrogen and oxygen atoms in total. The fraction of sp³-hybridized carbons (Fsp3) is 0.625. The van der Waals surface area contributed by atoms with Crippen LogP contribution in [0.4, 0.5) is 0 Å². The third kappa shape index (κ3) is 3.58. The van der Waals surface area contributed by atoms with Gasteiger partial charge in [0.15, 0.2) is 0 Å². The van der Waals surface area contributed by atoms with E-state index in [2.05, 4.69) is 48.0 Å². The first kappa shape index (κ1) is 14.1. The van der Waals surface area contributed by atoms with Crippen molar-refractivity contribution in [3.63, 3.8) is 0 Å². The average molecular weight is 311 g/mol. The first-order valence-electron chi connectivity index (χ1n) is 6.98. The molecular weight excluding hydrogens is 288 g/mol. The van der Waals surface area contributed by atoms with Crippen molar-refractivity contribution in [2.45, 2.75) is 58.0 Å². The molecule has 0 saturated carbocycles. The molecular formula is C16H23BrO. The van der Waals surface area contributed by atoms with Crippen molar-refractivity contribution in [1.82, 2.24) is 0 Å². The van der Waals surface area contributed by atoms with Gasteiger partial charge in [-0.15, -0.1) is 0 Å². The van der Waals surface area contributed by atoms with Gasteiger partial charge >= 0.3 is 0 Å². The van der Waals surface area contributed by atoms with Crippen molar-refractivity contribution in [2.75, 3.05) is 0 Å². The second-order valence-corrected chi connectivity index (χ2v) is 7.02. The predicted molar refractivity (Wildman–Crippen MR) is 79.8 cm³/mol. The second-order valence-electron chi connectivity index (χ2n) is 6.10. The molecule has 0 aromatic heterocycles. The number of halogens is 1. The van der Waals surface area contributed by atoms with Crippen molar-refractivity contribution < 1.29 is 5.11 Å². The van der Waals surface area contributed by atoms with E-state index in [1.165, 1.54) is 17.5 Å². The van der Waals surface area contributed by atoms with Crippen LogP contribution in [0.15, 0.2) is 22.7 Å². The summed E-state index contributed by atoms with van der Waals surface area (Å²) < 4.78 is 1.14. The molecule has 100 valence electrons. The molecule has 1 aromatic rings. The van der Waals surface area contributed by atoms with Gasteiger partial charge in [-0.05, 0) is 48.4 Å². The van der Waals surface area contributed by atoms with E-state index in [4.69, 9.17) is 0 Å². The highest BCUT2D eigenvalue weighted by molar-refractivity contribution is 9.10. The quantitative estimate of drug-likeness (QED) is 0.868. The van der Waals surface area contributed by atoms with E-state index in [0.29, 0.717) is 0 Å². The number of benzene rings is 1. The number of aryl methyl sites for hydroxylation is 1. The van der Waals surface area contributed by atoms with Crippen LogP contribution in [0.25, 0.3) is 0 Å². The summed E-state index contributed by atoms with van der Waals surface area (Å²) in [6.45, 7) is 4.50. The third-order valence-electron chi connectivity index (χ3n) is 3.97. The first-order valence-corrected chi connectivity index (χ1v) is 7.77. The maximum absolute atomic E-state index is 10.7. The summed E-state index contributed by atoms with van der Waals surface area (Å²) >= 11 is 3.51. The van der Waals surface area contributed by atoms with Gasteiger partial charge < -0.3 is 5.11 Å². The molecule has 0 saturated heterocycles. The maximum Gasteiger partial charge on any atom is 0.0691 e. The van der Waals surface area contributed by atoms with Crippen LogP contribution in [-0.2, 0) is 12.8 Å². The van der Waals surface area contributed by atoms with Crippen LogP contribution < -0.4 is 0 Å². The van der Waals surface area contributed by atoms with Gasteiger partial charge in [0.2, 0.25) is 0 Å². The minimum atomic E-state index is -0.463. The highest BCUT2D eigenvalue weighted by Gasteiger charge is 2.31. The molecule has 1 unspecified atom stereocenters. The lowest BCUT2D eigenvalue weighted by Crippen LogP contribution is -2.35. The molecule has 1 aliphatic rings. The van der Waals surface area contributed by atoms with Crippen molar-refractivity contribution in [2.24, 2.45) is 5.92 Å². The van der Waals surface area contributed by atoms with Gasteiger partial charge in [-0.3, -0.25) is 0 Å². The zero-order chi connectivity index (χ0) is 13.2. The largest absolute Gasteiger partial charge is 0.390 e. The Kier molecular flexibility index (Phi) is 4.50. The molecule has 1 N–H and O–H groups in total. The van der Waals surface area contributed by atoms with Crippen molar-refractivity contribution in [3.05, 3.63) is 33.8 Å². The molecule has 18 heavy (non-hydrogen) atoms. The standard InChI is InChI=1S/C16H23BrO/c1-12(2)4-3-8-16(18)9-7-13-10-15(17)6-5-14(13)11-16/h5-6,10,12,18H,3-4,7-9,11H2,1-2H3. The summed E-state index contributed by atoms with van der Waals surface area (Å²) in [5.41, 5.74) is 2.27. The van der Waals surface area contributed by atoms with Gasteiger partial charge in [-0.2, -0.15) is 0 Å². The molecule has 0 aliphatic heterocycles. The fourth-order valence-corrected chi connectivity index (χ4v) is 3.27. The Bertz CT molecular complexity index is 414. The first-order chi connectivity index (χ1) is 8.48. The summed E-state index contributed by atoms with van der Waals surface area (Å²) in [7, 11) is 0. The Labute approximate surface area is 119 Å². The van der Waals surface area contributed by atoms with E-state index in [1.807, 2.05) is 0 Å².